The van der Waals surface area contributed by atoms with Crippen molar-refractivity contribution >= 4 is 22.8 Å². The topological polar surface area (TPSA) is 130 Å². The lowest BCUT2D eigenvalue weighted by atomic mass is 10.1. The van der Waals surface area contributed by atoms with Crippen LogP contribution in [0.2, 0.25) is 0 Å². The number of rotatable bonds is 6. The van der Waals surface area contributed by atoms with Crippen LogP contribution in [-0.2, 0) is 6.42 Å². The van der Waals surface area contributed by atoms with Crippen LogP contribution >= 0.6 is 0 Å². The fraction of sp³-hybridized carbons (Fsp3) is 0.176. The lowest BCUT2D eigenvalue weighted by Crippen LogP contribution is -2.29. The molecule has 1 amide bonds. The van der Waals surface area contributed by atoms with Gasteiger partial charge in [0.1, 0.15) is 11.6 Å². The number of nitro groups is 1. The van der Waals surface area contributed by atoms with Gasteiger partial charge in [-0.3, -0.25) is 10.1 Å². The van der Waals surface area contributed by atoms with Crippen LogP contribution in [0.15, 0.2) is 42.5 Å². The molecular formula is C17H16N4O5. The van der Waals surface area contributed by atoms with Crippen LogP contribution in [0.5, 0.6) is 5.75 Å². The number of H-pyrrole nitrogens is 1. The number of hydrogen-bond donors (Lipinski definition) is 3. The average Bonchev–Trinajstić information content (AvgIpc) is 3.04. The van der Waals surface area contributed by atoms with Gasteiger partial charge < -0.3 is 20.1 Å². The van der Waals surface area contributed by atoms with Crippen molar-refractivity contribution in [3.63, 3.8) is 0 Å². The molecule has 26 heavy (non-hydrogen) atoms. The number of nitro benzene ring substituents is 1. The minimum atomic E-state index is -1.19. The van der Waals surface area contributed by atoms with Crippen molar-refractivity contribution in [3.8, 4) is 5.75 Å². The summed E-state index contributed by atoms with van der Waals surface area (Å²) in [6, 6.07) is 10.9. The van der Waals surface area contributed by atoms with Crippen LogP contribution in [0.25, 0.3) is 11.0 Å². The molecule has 0 radical (unpaired) electrons. The molecule has 0 saturated carbocycles. The Hall–Kier alpha value is -3.62. The van der Waals surface area contributed by atoms with Crippen LogP contribution in [0.4, 0.5) is 10.5 Å². The average molecular weight is 356 g/mol. The summed E-state index contributed by atoms with van der Waals surface area (Å²) in [5.41, 5.74) is 1.82. The SMILES string of the molecule is COc1ccc(C[C@@H](NC(=O)O)c2nc3ccc([N+](=O)[O-])cc3[nH]2)cc1. The highest BCUT2D eigenvalue weighted by Crippen LogP contribution is 2.24. The summed E-state index contributed by atoms with van der Waals surface area (Å²) in [5.74, 6) is 1.09. The summed E-state index contributed by atoms with van der Waals surface area (Å²) < 4.78 is 5.11. The van der Waals surface area contributed by atoms with E-state index in [2.05, 4.69) is 15.3 Å². The summed E-state index contributed by atoms with van der Waals surface area (Å²) in [5, 5.41) is 22.5. The van der Waals surface area contributed by atoms with Crippen LogP contribution in [0.1, 0.15) is 17.4 Å². The number of benzene rings is 2. The zero-order chi connectivity index (χ0) is 18.7. The second kappa shape index (κ2) is 7.09. The predicted octanol–water partition coefficient (Wildman–Crippen LogP) is 3.03. The summed E-state index contributed by atoms with van der Waals surface area (Å²) >= 11 is 0. The molecule has 0 aliphatic rings. The van der Waals surface area contributed by atoms with Crippen molar-refractivity contribution in [2.24, 2.45) is 0 Å². The van der Waals surface area contributed by atoms with E-state index in [-0.39, 0.29) is 5.69 Å². The molecule has 0 unspecified atom stereocenters. The fourth-order valence-electron chi connectivity index (χ4n) is 2.66. The molecule has 1 aromatic heterocycles. The monoisotopic (exact) mass is 356 g/mol. The zero-order valence-electron chi connectivity index (χ0n) is 13.8. The van der Waals surface area contributed by atoms with Crippen molar-refractivity contribution in [1.82, 2.24) is 15.3 Å². The maximum absolute atomic E-state index is 11.2. The van der Waals surface area contributed by atoms with E-state index >= 15 is 0 Å². The predicted molar refractivity (Wildman–Crippen MR) is 93.3 cm³/mol. The molecule has 3 N–H and O–H groups in total. The molecule has 0 fully saturated rings. The first-order valence-corrected chi connectivity index (χ1v) is 7.72. The highest BCUT2D eigenvalue weighted by atomic mass is 16.6. The molecule has 3 aromatic rings. The van der Waals surface area contributed by atoms with Gasteiger partial charge in [0, 0.05) is 18.6 Å². The smallest absolute Gasteiger partial charge is 0.405 e. The molecular weight excluding hydrogens is 340 g/mol. The minimum Gasteiger partial charge on any atom is -0.497 e. The van der Waals surface area contributed by atoms with E-state index in [0.717, 1.165) is 5.56 Å². The maximum atomic E-state index is 11.2. The number of carboxylic acid groups (broad SMARTS) is 1. The number of imidazole rings is 1. The Labute approximate surface area is 147 Å². The zero-order valence-corrected chi connectivity index (χ0v) is 13.8. The Morgan fingerprint density at radius 1 is 1.35 bits per heavy atom. The Morgan fingerprint density at radius 2 is 2.08 bits per heavy atom. The van der Waals surface area contributed by atoms with Gasteiger partial charge in [-0.25, -0.2) is 9.78 Å². The molecule has 0 bridgehead atoms. The summed E-state index contributed by atoms with van der Waals surface area (Å²) in [4.78, 5) is 28.9. The number of nitrogens with zero attached hydrogens (tertiary/aromatic N) is 2. The molecule has 0 aliphatic heterocycles. The number of methoxy groups -OCH3 is 1. The molecule has 1 atom stereocenters. The normalized spacial score (nSPS) is 11.9. The number of fused-ring (bicyclic) bond motifs is 1. The first-order valence-electron chi connectivity index (χ1n) is 7.72. The summed E-state index contributed by atoms with van der Waals surface area (Å²) in [6.07, 6.45) is -0.826. The van der Waals surface area contributed by atoms with Gasteiger partial charge in [-0.1, -0.05) is 12.1 Å². The second-order valence-electron chi connectivity index (χ2n) is 5.63. The number of non-ortho nitro benzene ring substituents is 1. The van der Waals surface area contributed by atoms with Gasteiger partial charge in [0.05, 0.1) is 29.1 Å². The number of aromatic nitrogens is 2. The van der Waals surface area contributed by atoms with Gasteiger partial charge in [-0.05, 0) is 23.8 Å². The van der Waals surface area contributed by atoms with Crippen LogP contribution in [0, 0.1) is 10.1 Å². The summed E-state index contributed by atoms with van der Waals surface area (Å²) in [7, 11) is 1.57. The molecule has 1 heterocycles. The van der Waals surface area contributed by atoms with Crippen molar-refractivity contribution in [2.75, 3.05) is 7.11 Å². The maximum Gasteiger partial charge on any atom is 0.405 e. The molecule has 0 aliphatic carbocycles. The van der Waals surface area contributed by atoms with Gasteiger partial charge in [-0.15, -0.1) is 0 Å². The number of ether oxygens (including phenoxy) is 1. The first-order chi connectivity index (χ1) is 12.5. The quantitative estimate of drug-likeness (QED) is 0.460. The largest absolute Gasteiger partial charge is 0.497 e. The lowest BCUT2D eigenvalue weighted by Gasteiger charge is -2.15. The molecule has 0 spiro atoms. The number of amides is 1. The highest BCUT2D eigenvalue weighted by molar-refractivity contribution is 5.78. The fourth-order valence-corrected chi connectivity index (χ4v) is 2.66. The Kier molecular flexibility index (Phi) is 4.70. The number of aromatic amines is 1. The van der Waals surface area contributed by atoms with Gasteiger partial charge >= 0.3 is 6.09 Å². The lowest BCUT2D eigenvalue weighted by molar-refractivity contribution is -0.384. The van der Waals surface area contributed by atoms with Crippen molar-refractivity contribution in [3.05, 3.63) is 64.0 Å². The van der Waals surface area contributed by atoms with Crippen LogP contribution in [0.3, 0.4) is 0 Å². The van der Waals surface area contributed by atoms with Crippen molar-refractivity contribution in [1.29, 1.82) is 0 Å². The van der Waals surface area contributed by atoms with Gasteiger partial charge in [-0.2, -0.15) is 0 Å². The van der Waals surface area contributed by atoms with Crippen LogP contribution in [-0.4, -0.2) is 33.2 Å². The third kappa shape index (κ3) is 3.72. The van der Waals surface area contributed by atoms with Gasteiger partial charge in [0.2, 0.25) is 0 Å². The first kappa shape index (κ1) is 17.2. The van der Waals surface area contributed by atoms with E-state index in [1.807, 2.05) is 12.1 Å². The molecule has 0 saturated heterocycles. The number of carbonyl (C=O) groups is 1. The second-order valence-corrected chi connectivity index (χ2v) is 5.63. The Balaban J connectivity index is 1.92. The Morgan fingerprint density at radius 3 is 2.69 bits per heavy atom. The third-order valence-electron chi connectivity index (χ3n) is 3.92. The van der Waals surface area contributed by atoms with E-state index in [1.165, 1.54) is 18.2 Å². The molecule has 2 aromatic carbocycles. The summed E-state index contributed by atoms with van der Waals surface area (Å²) in [6.45, 7) is 0. The number of hydrogen-bond acceptors (Lipinski definition) is 5. The molecule has 3 rings (SSSR count). The van der Waals surface area contributed by atoms with E-state index in [4.69, 9.17) is 9.84 Å². The molecule has 134 valence electrons. The molecule has 9 nitrogen and oxygen atoms in total. The standard InChI is InChI=1S/C17H16N4O5/c1-26-12-5-2-10(3-6-12)8-15(20-17(22)23)16-18-13-7-4-11(21(24)25)9-14(13)19-16/h2-7,9,15,20H,8H2,1H3,(H,18,19)(H,22,23)/t15-/m1/s1. The van der Waals surface area contributed by atoms with E-state index in [9.17, 15) is 14.9 Å². The highest BCUT2D eigenvalue weighted by Gasteiger charge is 2.20. The minimum absolute atomic E-state index is 0.0643. The van der Waals surface area contributed by atoms with E-state index in [1.54, 1.807) is 19.2 Å². The van der Waals surface area contributed by atoms with Gasteiger partial charge in [0.15, 0.2) is 0 Å². The van der Waals surface area contributed by atoms with Crippen molar-refractivity contribution in [2.45, 2.75) is 12.5 Å². The Bertz CT molecular complexity index is 951. The van der Waals surface area contributed by atoms with E-state index in [0.29, 0.717) is 29.0 Å². The molecule has 9 heteroatoms. The van der Waals surface area contributed by atoms with E-state index < -0.39 is 17.1 Å². The van der Waals surface area contributed by atoms with Gasteiger partial charge in [0.25, 0.3) is 5.69 Å². The van der Waals surface area contributed by atoms with Crippen LogP contribution < -0.4 is 10.1 Å². The van der Waals surface area contributed by atoms with Crippen molar-refractivity contribution < 1.29 is 19.6 Å². The third-order valence-corrected chi connectivity index (χ3v) is 3.92. The number of nitrogens with one attached hydrogen (secondary N) is 2.